The molecule has 0 radical (unpaired) electrons. The lowest BCUT2D eigenvalue weighted by Crippen LogP contribution is -1.93. The molecular weight excluding hydrogens is 252 g/mol. The standard InChI is InChI=1S/C12H9ClN4O/c1-18-8-2-3-12-15-5-10(17(12)7-8)9-4-14-6-11(13)16-9/h2-7H,1H3. The van der Waals surface area contributed by atoms with E-state index in [2.05, 4.69) is 15.0 Å². The van der Waals surface area contributed by atoms with Gasteiger partial charge in [-0.3, -0.25) is 9.38 Å². The SMILES string of the molecule is COc1ccc2ncc(-c3cncc(Cl)n3)n2c1. The van der Waals surface area contributed by atoms with Crippen LogP contribution in [-0.4, -0.2) is 26.5 Å². The van der Waals surface area contributed by atoms with E-state index in [4.69, 9.17) is 16.3 Å². The second-order valence-electron chi connectivity index (χ2n) is 3.67. The lowest BCUT2D eigenvalue weighted by molar-refractivity contribution is 0.412. The summed E-state index contributed by atoms with van der Waals surface area (Å²) in [6.45, 7) is 0. The van der Waals surface area contributed by atoms with Crippen molar-refractivity contribution < 1.29 is 4.74 Å². The first-order chi connectivity index (χ1) is 8.78. The van der Waals surface area contributed by atoms with E-state index in [1.54, 1.807) is 19.5 Å². The van der Waals surface area contributed by atoms with Crippen molar-refractivity contribution in [3.05, 3.63) is 42.1 Å². The van der Waals surface area contributed by atoms with Gasteiger partial charge in [0, 0.05) is 0 Å². The first-order valence-corrected chi connectivity index (χ1v) is 5.65. The van der Waals surface area contributed by atoms with E-state index in [-0.39, 0.29) is 0 Å². The van der Waals surface area contributed by atoms with Crippen LogP contribution in [-0.2, 0) is 0 Å². The van der Waals surface area contributed by atoms with E-state index >= 15 is 0 Å². The number of hydrogen-bond donors (Lipinski definition) is 0. The molecule has 0 aliphatic rings. The molecule has 0 aromatic carbocycles. The van der Waals surface area contributed by atoms with E-state index in [1.165, 1.54) is 6.20 Å². The summed E-state index contributed by atoms with van der Waals surface area (Å²) in [5.74, 6) is 0.747. The average molecular weight is 261 g/mol. The molecule has 18 heavy (non-hydrogen) atoms. The Balaban J connectivity index is 2.22. The third kappa shape index (κ3) is 1.78. The van der Waals surface area contributed by atoms with E-state index < -0.39 is 0 Å². The van der Waals surface area contributed by atoms with Gasteiger partial charge in [-0.2, -0.15) is 0 Å². The molecule has 0 bridgehead atoms. The fourth-order valence-corrected chi connectivity index (χ4v) is 1.88. The van der Waals surface area contributed by atoms with Gasteiger partial charge in [-0.25, -0.2) is 9.97 Å². The van der Waals surface area contributed by atoms with Crippen LogP contribution in [0.5, 0.6) is 5.75 Å². The van der Waals surface area contributed by atoms with Gasteiger partial charge >= 0.3 is 0 Å². The topological polar surface area (TPSA) is 52.3 Å². The maximum atomic E-state index is 5.84. The van der Waals surface area contributed by atoms with Crippen LogP contribution in [0.1, 0.15) is 0 Å². The summed E-state index contributed by atoms with van der Waals surface area (Å²) < 4.78 is 7.08. The van der Waals surface area contributed by atoms with Gasteiger partial charge in [-0.1, -0.05) is 11.6 Å². The number of fused-ring (bicyclic) bond motifs is 1. The largest absolute Gasteiger partial charge is 0.495 e. The van der Waals surface area contributed by atoms with E-state index in [1.807, 2.05) is 22.7 Å². The zero-order valence-corrected chi connectivity index (χ0v) is 10.3. The van der Waals surface area contributed by atoms with Crippen LogP contribution in [0.25, 0.3) is 17.0 Å². The summed E-state index contributed by atoms with van der Waals surface area (Å²) >= 11 is 5.84. The molecule has 0 saturated heterocycles. The number of ether oxygens (including phenoxy) is 1. The molecule has 0 saturated carbocycles. The van der Waals surface area contributed by atoms with Crippen LogP contribution in [0, 0.1) is 0 Å². The number of nitrogens with zero attached hydrogens (tertiary/aromatic N) is 4. The van der Waals surface area contributed by atoms with Gasteiger partial charge < -0.3 is 4.74 Å². The first-order valence-electron chi connectivity index (χ1n) is 5.27. The predicted octanol–water partition coefficient (Wildman–Crippen LogP) is 2.45. The average Bonchev–Trinajstić information content (AvgIpc) is 2.81. The molecule has 0 spiro atoms. The minimum Gasteiger partial charge on any atom is -0.495 e. The van der Waals surface area contributed by atoms with Crippen LogP contribution < -0.4 is 4.74 Å². The summed E-state index contributed by atoms with van der Waals surface area (Å²) in [5, 5.41) is 0.352. The smallest absolute Gasteiger partial charge is 0.148 e. The lowest BCUT2D eigenvalue weighted by atomic mass is 10.3. The maximum absolute atomic E-state index is 5.84. The molecule has 3 aromatic rings. The third-order valence-corrected chi connectivity index (χ3v) is 2.76. The Labute approximate surface area is 108 Å². The Morgan fingerprint density at radius 2 is 2.11 bits per heavy atom. The number of pyridine rings is 1. The van der Waals surface area contributed by atoms with Crippen molar-refractivity contribution in [1.29, 1.82) is 0 Å². The fourth-order valence-electron chi connectivity index (χ4n) is 1.74. The van der Waals surface area contributed by atoms with Crippen molar-refractivity contribution in [2.45, 2.75) is 0 Å². The summed E-state index contributed by atoms with van der Waals surface area (Å²) in [6.07, 6.45) is 6.72. The summed E-state index contributed by atoms with van der Waals surface area (Å²) in [5.41, 5.74) is 2.30. The molecule has 6 heteroatoms. The number of aromatic nitrogens is 4. The zero-order chi connectivity index (χ0) is 12.5. The van der Waals surface area contributed by atoms with Crippen molar-refractivity contribution in [2.24, 2.45) is 0 Å². The van der Waals surface area contributed by atoms with Crippen molar-refractivity contribution in [1.82, 2.24) is 19.4 Å². The molecule has 0 fully saturated rings. The highest BCUT2D eigenvalue weighted by Crippen LogP contribution is 2.21. The predicted molar refractivity (Wildman–Crippen MR) is 67.8 cm³/mol. The molecule has 5 nitrogen and oxygen atoms in total. The van der Waals surface area contributed by atoms with Gasteiger partial charge in [-0.15, -0.1) is 0 Å². The second kappa shape index (κ2) is 4.27. The molecule has 3 heterocycles. The van der Waals surface area contributed by atoms with Gasteiger partial charge in [0.05, 0.1) is 37.6 Å². The van der Waals surface area contributed by atoms with Gasteiger partial charge in [0.15, 0.2) is 0 Å². The highest BCUT2D eigenvalue weighted by Gasteiger charge is 2.08. The van der Waals surface area contributed by atoms with Crippen LogP contribution >= 0.6 is 11.6 Å². The number of hydrogen-bond acceptors (Lipinski definition) is 4. The van der Waals surface area contributed by atoms with Gasteiger partial charge in [0.2, 0.25) is 0 Å². The van der Waals surface area contributed by atoms with Crippen molar-refractivity contribution >= 4 is 17.2 Å². The number of methoxy groups -OCH3 is 1. The van der Waals surface area contributed by atoms with Crippen molar-refractivity contribution in [3.8, 4) is 17.1 Å². The van der Waals surface area contributed by atoms with Crippen molar-refractivity contribution in [2.75, 3.05) is 7.11 Å². The molecule has 0 amide bonds. The Kier molecular flexibility index (Phi) is 2.60. The summed E-state index contributed by atoms with van der Waals surface area (Å²) in [6, 6.07) is 3.73. The molecule has 0 unspecified atom stereocenters. The van der Waals surface area contributed by atoms with E-state index in [9.17, 15) is 0 Å². The molecule has 0 atom stereocenters. The monoisotopic (exact) mass is 260 g/mol. The highest BCUT2D eigenvalue weighted by atomic mass is 35.5. The van der Waals surface area contributed by atoms with Crippen LogP contribution in [0.4, 0.5) is 0 Å². The summed E-state index contributed by atoms with van der Waals surface area (Å²) in [7, 11) is 1.62. The van der Waals surface area contributed by atoms with Gasteiger partial charge in [-0.05, 0) is 12.1 Å². The minimum absolute atomic E-state index is 0.352. The number of rotatable bonds is 2. The lowest BCUT2D eigenvalue weighted by Gasteiger charge is -2.03. The zero-order valence-electron chi connectivity index (χ0n) is 9.54. The third-order valence-electron chi connectivity index (χ3n) is 2.58. The van der Waals surface area contributed by atoms with E-state index in [0.717, 1.165) is 17.1 Å². The molecule has 3 rings (SSSR count). The second-order valence-corrected chi connectivity index (χ2v) is 4.05. The Bertz CT molecular complexity index is 710. The molecule has 90 valence electrons. The molecule has 0 aliphatic carbocycles. The fraction of sp³-hybridized carbons (Fsp3) is 0.0833. The number of imidazole rings is 1. The molecule has 0 aliphatic heterocycles. The van der Waals surface area contributed by atoms with Gasteiger partial charge in [0.25, 0.3) is 0 Å². The van der Waals surface area contributed by atoms with Crippen molar-refractivity contribution in [3.63, 3.8) is 0 Å². The maximum Gasteiger partial charge on any atom is 0.148 e. The summed E-state index contributed by atoms with van der Waals surface area (Å²) in [4.78, 5) is 12.5. The minimum atomic E-state index is 0.352. The number of halogens is 1. The highest BCUT2D eigenvalue weighted by molar-refractivity contribution is 6.29. The quantitative estimate of drug-likeness (QED) is 0.710. The molecule has 0 N–H and O–H groups in total. The normalized spacial score (nSPS) is 10.8. The van der Waals surface area contributed by atoms with Crippen LogP contribution in [0.15, 0.2) is 36.9 Å². The molecular formula is C12H9ClN4O. The Morgan fingerprint density at radius 3 is 2.89 bits per heavy atom. The van der Waals surface area contributed by atoms with E-state index in [0.29, 0.717) is 10.8 Å². The Hall–Kier alpha value is -2.14. The Morgan fingerprint density at radius 1 is 1.22 bits per heavy atom. The molecule has 3 aromatic heterocycles. The first kappa shape index (κ1) is 11.0. The van der Waals surface area contributed by atoms with Crippen LogP contribution in [0.2, 0.25) is 5.15 Å². The van der Waals surface area contributed by atoms with Crippen LogP contribution in [0.3, 0.4) is 0 Å². The van der Waals surface area contributed by atoms with Gasteiger partial charge in [0.1, 0.15) is 22.2 Å².